The Bertz CT molecular complexity index is 973. The minimum absolute atomic E-state index is 0.0354. The number of esters is 1. The van der Waals surface area contributed by atoms with Crippen molar-refractivity contribution in [3.05, 3.63) is 24.3 Å². The fourth-order valence-electron chi connectivity index (χ4n) is 7.48. The van der Waals surface area contributed by atoms with Crippen molar-refractivity contribution in [2.45, 2.75) is 101 Å². The zero-order chi connectivity index (χ0) is 26.4. The molecule has 4 heterocycles. The summed E-state index contributed by atoms with van der Waals surface area (Å²) in [6.07, 6.45) is 15.1. The number of amides is 2. The first kappa shape index (κ1) is 26.4. The molecule has 3 fully saturated rings. The second-order valence-corrected chi connectivity index (χ2v) is 11.8. The molecule has 7 atom stereocenters. The Morgan fingerprint density at radius 1 is 1.05 bits per heavy atom. The number of hydrogen-bond acceptors (Lipinski definition) is 6. The van der Waals surface area contributed by atoms with Crippen LogP contribution in [0.25, 0.3) is 0 Å². The summed E-state index contributed by atoms with van der Waals surface area (Å²) in [5.41, 5.74) is -2.39. The van der Waals surface area contributed by atoms with Gasteiger partial charge < -0.3 is 24.4 Å². The standard InChI is InChI=1S/C29H42N2O6/c1-4-19(2)21(18-32)31-24-26(34)30(20-12-7-5-8-13-20)16-11-15-29(24)22(25(31)33)23-27(35)36-17-10-6-9-14-28(23,3)37-29/h9,11,14-15,19-24,32H,4-8,10,12-13,16-18H2,1-3H3/b14-9-/t19-,21-,22-,23-,24?,28+,29-/m0/s1. The number of cyclic esters (lactones) is 1. The number of allylic oxidation sites excluding steroid dienone is 1. The van der Waals surface area contributed by atoms with Crippen molar-refractivity contribution < 1.29 is 29.0 Å². The second-order valence-electron chi connectivity index (χ2n) is 11.8. The highest BCUT2D eigenvalue weighted by molar-refractivity contribution is 5.99. The largest absolute Gasteiger partial charge is 0.465 e. The van der Waals surface area contributed by atoms with Gasteiger partial charge in [-0.1, -0.05) is 63.8 Å². The third-order valence-electron chi connectivity index (χ3n) is 9.58. The van der Waals surface area contributed by atoms with Crippen molar-refractivity contribution in [2.24, 2.45) is 17.8 Å². The second kappa shape index (κ2) is 10.2. The molecule has 0 aromatic rings. The topological polar surface area (TPSA) is 96.4 Å². The average molecular weight is 515 g/mol. The molecule has 0 aromatic heterocycles. The predicted octanol–water partition coefficient (Wildman–Crippen LogP) is 2.99. The molecule has 37 heavy (non-hydrogen) atoms. The quantitative estimate of drug-likeness (QED) is 0.448. The van der Waals surface area contributed by atoms with Crippen molar-refractivity contribution in [2.75, 3.05) is 19.8 Å². The summed E-state index contributed by atoms with van der Waals surface area (Å²) < 4.78 is 12.5. The van der Waals surface area contributed by atoms with E-state index in [1.165, 1.54) is 6.42 Å². The molecule has 1 saturated carbocycles. The number of nitrogens with zero attached hydrogens (tertiary/aromatic N) is 2. The first-order valence-corrected chi connectivity index (χ1v) is 14.2. The highest BCUT2D eigenvalue weighted by Crippen LogP contribution is 2.58. The van der Waals surface area contributed by atoms with Gasteiger partial charge >= 0.3 is 5.97 Å². The molecule has 1 unspecified atom stereocenters. The lowest BCUT2D eigenvalue weighted by molar-refractivity contribution is -0.162. The van der Waals surface area contributed by atoms with Crippen molar-refractivity contribution in [3.63, 3.8) is 0 Å². The van der Waals surface area contributed by atoms with Crippen molar-refractivity contribution in [1.82, 2.24) is 9.80 Å². The van der Waals surface area contributed by atoms with E-state index >= 15 is 0 Å². The number of carbonyl (C=O) groups excluding carboxylic acids is 3. The van der Waals surface area contributed by atoms with Gasteiger partial charge in [0.15, 0.2) is 0 Å². The number of aliphatic hydroxyl groups is 1. The van der Waals surface area contributed by atoms with Crippen LogP contribution in [0.15, 0.2) is 24.3 Å². The van der Waals surface area contributed by atoms with Gasteiger partial charge in [0.2, 0.25) is 11.8 Å². The van der Waals surface area contributed by atoms with E-state index in [2.05, 4.69) is 0 Å². The molecule has 0 bridgehead atoms. The van der Waals surface area contributed by atoms with Crippen molar-refractivity contribution in [1.29, 1.82) is 0 Å². The van der Waals surface area contributed by atoms with Crippen molar-refractivity contribution >= 4 is 17.8 Å². The summed E-state index contributed by atoms with van der Waals surface area (Å²) in [5.74, 6) is -2.71. The Morgan fingerprint density at radius 3 is 2.51 bits per heavy atom. The van der Waals surface area contributed by atoms with Crippen LogP contribution in [0.2, 0.25) is 0 Å². The molecule has 204 valence electrons. The first-order valence-electron chi connectivity index (χ1n) is 14.2. The van der Waals surface area contributed by atoms with E-state index in [1.54, 1.807) is 4.90 Å². The number of rotatable bonds is 5. The van der Waals surface area contributed by atoms with E-state index in [9.17, 15) is 19.5 Å². The molecule has 8 nitrogen and oxygen atoms in total. The maximum Gasteiger partial charge on any atom is 0.313 e. The molecule has 5 rings (SSSR count). The van der Waals surface area contributed by atoms with Crippen LogP contribution in [0.1, 0.15) is 72.1 Å². The number of ether oxygens (including phenoxy) is 2. The third-order valence-corrected chi connectivity index (χ3v) is 9.58. The Labute approximate surface area is 220 Å². The van der Waals surface area contributed by atoms with Crippen LogP contribution in [0, 0.1) is 17.8 Å². The highest BCUT2D eigenvalue weighted by atomic mass is 16.6. The Balaban J connectivity index is 1.65. The summed E-state index contributed by atoms with van der Waals surface area (Å²) in [7, 11) is 0. The maximum absolute atomic E-state index is 14.5. The molecular weight excluding hydrogens is 472 g/mol. The zero-order valence-corrected chi connectivity index (χ0v) is 22.4. The van der Waals surface area contributed by atoms with Crippen molar-refractivity contribution in [3.8, 4) is 0 Å². The van der Waals surface area contributed by atoms with E-state index in [0.29, 0.717) is 13.0 Å². The van der Waals surface area contributed by atoms with E-state index in [-0.39, 0.29) is 37.0 Å². The molecule has 4 aliphatic heterocycles. The summed E-state index contributed by atoms with van der Waals surface area (Å²) in [6, 6.07) is -1.37. The van der Waals surface area contributed by atoms with Gasteiger partial charge in [0.05, 0.1) is 30.8 Å². The maximum atomic E-state index is 14.5. The molecule has 2 amide bonds. The monoisotopic (exact) mass is 514 g/mol. The summed E-state index contributed by atoms with van der Waals surface area (Å²) in [4.78, 5) is 46.0. The molecule has 0 aromatic carbocycles. The van der Waals surface area contributed by atoms with Crippen LogP contribution >= 0.6 is 0 Å². The summed E-state index contributed by atoms with van der Waals surface area (Å²) in [5, 5.41) is 10.5. The van der Waals surface area contributed by atoms with E-state index in [4.69, 9.17) is 9.47 Å². The Morgan fingerprint density at radius 2 is 1.81 bits per heavy atom. The summed E-state index contributed by atoms with van der Waals surface area (Å²) >= 11 is 0. The van der Waals surface area contributed by atoms with Gasteiger partial charge in [0, 0.05) is 12.6 Å². The predicted molar refractivity (Wildman–Crippen MR) is 137 cm³/mol. The van der Waals surface area contributed by atoms with E-state index in [0.717, 1.165) is 38.5 Å². The molecule has 0 radical (unpaired) electrons. The number of fused-ring (bicyclic) bond motifs is 2. The molecular formula is C29H42N2O6. The van der Waals surface area contributed by atoms with Gasteiger partial charge in [-0.05, 0) is 38.5 Å². The molecule has 1 N–H and O–H groups in total. The lowest BCUT2D eigenvalue weighted by Gasteiger charge is -2.43. The number of likely N-dealkylation sites (tertiary alicyclic amines) is 1. The molecule has 8 heteroatoms. The number of aliphatic hydroxyl groups excluding tert-OH is 1. The van der Waals surface area contributed by atoms with Gasteiger partial charge in [0.25, 0.3) is 0 Å². The molecule has 1 aliphatic carbocycles. The third kappa shape index (κ3) is 4.15. The van der Waals surface area contributed by atoms with Gasteiger partial charge in [-0.25, -0.2) is 0 Å². The molecule has 2 saturated heterocycles. The van der Waals surface area contributed by atoms with E-state index in [1.807, 2.05) is 50.0 Å². The fraction of sp³-hybridized carbons (Fsp3) is 0.759. The minimum Gasteiger partial charge on any atom is -0.465 e. The lowest BCUT2D eigenvalue weighted by atomic mass is 9.74. The molecule has 5 aliphatic rings. The van der Waals surface area contributed by atoms with Crippen LogP contribution in [-0.4, -0.2) is 81.8 Å². The Hall–Kier alpha value is -2.19. The van der Waals surface area contributed by atoms with Crippen LogP contribution in [0.4, 0.5) is 0 Å². The molecule has 1 spiro atoms. The van der Waals surface area contributed by atoms with Crippen LogP contribution in [0.3, 0.4) is 0 Å². The average Bonchev–Trinajstić information content (AvgIpc) is 3.24. The van der Waals surface area contributed by atoms with Gasteiger partial charge in [-0.3, -0.25) is 14.4 Å². The Kier molecular flexibility index (Phi) is 7.26. The fourth-order valence-corrected chi connectivity index (χ4v) is 7.48. The number of carbonyl (C=O) groups is 3. The normalized spacial score (nSPS) is 39.0. The van der Waals surface area contributed by atoms with Crippen LogP contribution < -0.4 is 0 Å². The van der Waals surface area contributed by atoms with Crippen LogP contribution in [0.5, 0.6) is 0 Å². The number of hydrogen-bond donors (Lipinski definition) is 1. The minimum atomic E-state index is -1.31. The zero-order valence-electron chi connectivity index (χ0n) is 22.4. The van der Waals surface area contributed by atoms with Gasteiger partial charge in [-0.15, -0.1) is 0 Å². The highest BCUT2D eigenvalue weighted by Gasteiger charge is 2.75. The lowest BCUT2D eigenvalue weighted by Crippen LogP contribution is -2.61. The van der Waals surface area contributed by atoms with Gasteiger partial charge in [0.1, 0.15) is 17.6 Å². The smallest absolute Gasteiger partial charge is 0.313 e. The van der Waals surface area contributed by atoms with Gasteiger partial charge in [-0.2, -0.15) is 0 Å². The summed E-state index contributed by atoms with van der Waals surface area (Å²) in [6.45, 7) is 6.33. The van der Waals surface area contributed by atoms with E-state index < -0.39 is 41.1 Å². The van der Waals surface area contributed by atoms with Crippen LogP contribution in [-0.2, 0) is 23.9 Å². The SMILES string of the molecule is CC[C@H](C)[C@H](CO)N1C(=O)[C@@H]2[C@H]3C(=O)OCCC/C=C\[C@@]3(C)O[C@@]23C=CCN(C2CCCCC2)C(=O)C13. The first-order chi connectivity index (χ1) is 17.8.